The first-order chi connectivity index (χ1) is 19.2. The van der Waals surface area contributed by atoms with Crippen LogP contribution in [-0.2, 0) is 5.54 Å². The summed E-state index contributed by atoms with van der Waals surface area (Å²) in [5.41, 5.74) is 8.61. The standard InChI is InChI=1S/C36H29N2S/c1-4-36(5-2)23(3)25-18-17-24(22-29(25)30-14-10-11-21-37(30)36)38-31-15-8-6-12-26(31)27-19-20-33-34(35(27)38)28-13-7-9-16-32(28)39-33/h6-22H,3-5H2,1-2H3/q+1. The summed E-state index contributed by atoms with van der Waals surface area (Å²) < 4.78 is 7.62. The van der Waals surface area contributed by atoms with E-state index in [2.05, 4.69) is 133 Å². The third-order valence-electron chi connectivity index (χ3n) is 9.09. The summed E-state index contributed by atoms with van der Waals surface area (Å²) in [6, 6.07) is 35.9. The van der Waals surface area contributed by atoms with Crippen LogP contribution in [0.5, 0.6) is 0 Å². The molecule has 0 N–H and O–H groups in total. The van der Waals surface area contributed by atoms with E-state index in [1.54, 1.807) is 0 Å². The van der Waals surface area contributed by atoms with Crippen molar-refractivity contribution < 1.29 is 4.57 Å². The number of hydrogen-bond acceptors (Lipinski definition) is 1. The van der Waals surface area contributed by atoms with Gasteiger partial charge in [-0.25, -0.2) is 0 Å². The molecule has 2 nitrogen and oxygen atoms in total. The summed E-state index contributed by atoms with van der Waals surface area (Å²) in [5.74, 6) is 0. The largest absolute Gasteiger partial charge is 0.309 e. The van der Waals surface area contributed by atoms with Crippen molar-refractivity contribution in [2.75, 3.05) is 0 Å². The highest BCUT2D eigenvalue weighted by atomic mass is 32.1. The number of benzene rings is 4. The maximum absolute atomic E-state index is 4.68. The Morgan fingerprint density at radius 3 is 2.36 bits per heavy atom. The number of thiophene rings is 1. The minimum absolute atomic E-state index is 0.0975. The van der Waals surface area contributed by atoms with Crippen LogP contribution in [-0.4, -0.2) is 4.57 Å². The van der Waals surface area contributed by atoms with Crippen molar-refractivity contribution in [3.8, 4) is 16.9 Å². The minimum atomic E-state index is -0.0975. The molecular formula is C36H29N2S+. The lowest BCUT2D eigenvalue weighted by atomic mass is 9.75. The first-order valence-corrected chi connectivity index (χ1v) is 14.7. The molecule has 1 aliphatic heterocycles. The lowest BCUT2D eigenvalue weighted by Gasteiger charge is -2.35. The molecular weight excluding hydrogens is 492 g/mol. The quantitative estimate of drug-likeness (QED) is 0.205. The molecule has 0 aliphatic carbocycles. The molecule has 39 heavy (non-hydrogen) atoms. The Morgan fingerprint density at radius 2 is 1.51 bits per heavy atom. The molecule has 0 spiro atoms. The third-order valence-corrected chi connectivity index (χ3v) is 10.2. The Kier molecular flexibility index (Phi) is 4.75. The number of para-hydroxylation sites is 1. The monoisotopic (exact) mass is 521 g/mol. The van der Waals surface area contributed by atoms with Gasteiger partial charge >= 0.3 is 0 Å². The van der Waals surface area contributed by atoms with Gasteiger partial charge in [-0.3, -0.25) is 0 Å². The van der Waals surface area contributed by atoms with Crippen molar-refractivity contribution in [3.05, 3.63) is 115 Å². The Balaban J connectivity index is 1.50. The van der Waals surface area contributed by atoms with E-state index in [9.17, 15) is 0 Å². The molecule has 3 heteroatoms. The summed E-state index contributed by atoms with van der Waals surface area (Å²) in [7, 11) is 0. The zero-order valence-electron chi connectivity index (χ0n) is 22.2. The van der Waals surface area contributed by atoms with Gasteiger partial charge in [-0.05, 0) is 42.0 Å². The van der Waals surface area contributed by atoms with Crippen LogP contribution in [0.2, 0.25) is 0 Å². The second-order valence-electron chi connectivity index (χ2n) is 10.7. The van der Waals surface area contributed by atoms with Crippen LogP contribution in [0.4, 0.5) is 0 Å². The average Bonchev–Trinajstić information content (AvgIpc) is 3.53. The zero-order chi connectivity index (χ0) is 26.3. The van der Waals surface area contributed by atoms with Gasteiger partial charge in [-0.1, -0.05) is 69.0 Å². The number of pyridine rings is 1. The van der Waals surface area contributed by atoms with Gasteiger partial charge in [-0.15, -0.1) is 11.3 Å². The molecule has 0 unspecified atom stereocenters. The minimum Gasteiger partial charge on any atom is -0.309 e. The fraction of sp³-hybridized carbons (Fsp3) is 0.139. The predicted molar refractivity (Wildman–Crippen MR) is 167 cm³/mol. The van der Waals surface area contributed by atoms with E-state index in [1.165, 1.54) is 70.1 Å². The van der Waals surface area contributed by atoms with Crippen molar-refractivity contribution in [1.29, 1.82) is 0 Å². The SMILES string of the molecule is C=C1c2ccc(-n3c4ccccc4c4ccc5sc6ccccc6c5c43)cc2-c2cccc[n+]2C1(CC)CC. The van der Waals surface area contributed by atoms with E-state index in [0.717, 1.165) is 12.8 Å². The van der Waals surface area contributed by atoms with Crippen LogP contribution < -0.4 is 4.57 Å². The lowest BCUT2D eigenvalue weighted by Crippen LogP contribution is -2.59. The van der Waals surface area contributed by atoms with E-state index in [1.807, 2.05) is 11.3 Å². The first kappa shape index (κ1) is 22.7. The molecule has 0 saturated carbocycles. The van der Waals surface area contributed by atoms with Crippen molar-refractivity contribution in [2.24, 2.45) is 0 Å². The summed E-state index contributed by atoms with van der Waals surface area (Å²) in [5, 5.41) is 5.26. The molecule has 7 aromatic rings. The van der Waals surface area contributed by atoms with Gasteiger partial charge < -0.3 is 4.57 Å². The molecule has 0 radical (unpaired) electrons. The van der Waals surface area contributed by atoms with Crippen molar-refractivity contribution in [2.45, 2.75) is 32.2 Å². The van der Waals surface area contributed by atoms with E-state index < -0.39 is 0 Å². The second kappa shape index (κ2) is 8.14. The predicted octanol–water partition coefficient (Wildman–Crippen LogP) is 9.65. The first-order valence-electron chi connectivity index (χ1n) is 13.9. The van der Waals surface area contributed by atoms with Crippen LogP contribution in [0.15, 0.2) is 110 Å². The molecule has 3 aromatic heterocycles. The molecule has 1 aliphatic rings. The Hall–Kier alpha value is -4.21. The number of allylic oxidation sites excluding steroid dienone is 1. The van der Waals surface area contributed by atoms with Crippen molar-refractivity contribution >= 4 is 58.9 Å². The smallest absolute Gasteiger partial charge is 0.213 e. The van der Waals surface area contributed by atoms with Crippen molar-refractivity contribution in [3.63, 3.8) is 0 Å². The van der Waals surface area contributed by atoms with Gasteiger partial charge in [0.25, 0.3) is 0 Å². The van der Waals surface area contributed by atoms with Gasteiger partial charge in [0.1, 0.15) is 0 Å². The lowest BCUT2D eigenvalue weighted by molar-refractivity contribution is -0.741. The molecule has 0 atom stereocenters. The Bertz CT molecular complexity index is 2120. The number of nitrogens with zero attached hydrogens (tertiary/aromatic N) is 2. The van der Waals surface area contributed by atoms with Crippen LogP contribution in [0, 0.1) is 0 Å². The van der Waals surface area contributed by atoms with Crippen LogP contribution in [0.25, 0.3) is 64.5 Å². The van der Waals surface area contributed by atoms with Gasteiger partial charge in [0.15, 0.2) is 11.7 Å². The number of aromatic nitrogens is 2. The Labute approximate surface area is 232 Å². The van der Waals surface area contributed by atoms with E-state index in [0.29, 0.717) is 0 Å². The molecule has 0 saturated heterocycles. The van der Waals surface area contributed by atoms with E-state index in [4.69, 9.17) is 0 Å². The maximum atomic E-state index is 4.68. The third kappa shape index (κ3) is 2.89. The molecule has 4 heterocycles. The van der Waals surface area contributed by atoms with Crippen LogP contribution >= 0.6 is 11.3 Å². The molecule has 8 rings (SSSR count). The fourth-order valence-electron chi connectivity index (χ4n) is 7.13. The number of rotatable bonds is 3. The molecule has 0 amide bonds. The van der Waals surface area contributed by atoms with Gasteiger partial charge in [-0.2, -0.15) is 4.57 Å². The summed E-state index contributed by atoms with van der Waals surface area (Å²) in [4.78, 5) is 0. The van der Waals surface area contributed by atoms with E-state index >= 15 is 0 Å². The Morgan fingerprint density at radius 1 is 0.744 bits per heavy atom. The number of hydrogen-bond donors (Lipinski definition) is 0. The van der Waals surface area contributed by atoms with Crippen LogP contribution in [0.3, 0.4) is 0 Å². The maximum Gasteiger partial charge on any atom is 0.213 e. The molecule has 4 aromatic carbocycles. The zero-order valence-corrected chi connectivity index (χ0v) is 23.1. The van der Waals surface area contributed by atoms with Gasteiger partial charge in [0.05, 0.1) is 16.6 Å². The average molecular weight is 522 g/mol. The number of fused-ring (bicyclic) bond motifs is 10. The highest BCUT2D eigenvalue weighted by Gasteiger charge is 2.46. The topological polar surface area (TPSA) is 8.81 Å². The van der Waals surface area contributed by atoms with Crippen LogP contribution in [0.1, 0.15) is 32.3 Å². The fourth-order valence-corrected chi connectivity index (χ4v) is 8.24. The second-order valence-corrected chi connectivity index (χ2v) is 11.8. The molecule has 188 valence electrons. The normalized spacial score (nSPS) is 14.4. The van der Waals surface area contributed by atoms with Crippen molar-refractivity contribution in [1.82, 2.24) is 4.57 Å². The molecule has 0 fully saturated rings. The van der Waals surface area contributed by atoms with Gasteiger partial charge in [0, 0.05) is 67.2 Å². The summed E-state index contributed by atoms with van der Waals surface area (Å²) in [6.07, 6.45) is 4.27. The van der Waals surface area contributed by atoms with Gasteiger partial charge in [0.2, 0.25) is 5.69 Å². The highest BCUT2D eigenvalue weighted by molar-refractivity contribution is 7.26. The summed E-state index contributed by atoms with van der Waals surface area (Å²) in [6.45, 7) is 9.25. The van der Waals surface area contributed by atoms with E-state index in [-0.39, 0.29) is 5.54 Å². The summed E-state index contributed by atoms with van der Waals surface area (Å²) >= 11 is 1.88. The molecule has 0 bridgehead atoms. The highest BCUT2D eigenvalue weighted by Crippen LogP contribution is 2.46.